The molecule has 6 atom stereocenters. The number of benzene rings is 1. The van der Waals surface area contributed by atoms with E-state index in [9.17, 15) is 19.5 Å². The zero-order valence-electron chi connectivity index (χ0n) is 24.5. The molecule has 3 heterocycles. The van der Waals surface area contributed by atoms with Crippen LogP contribution in [0.4, 0.5) is 5.69 Å². The van der Waals surface area contributed by atoms with E-state index in [1.165, 1.54) is 0 Å². The summed E-state index contributed by atoms with van der Waals surface area (Å²) in [6.45, 7) is 17.5. The number of hydrogen-bond acceptors (Lipinski definition) is 6. The fraction of sp³-hybridized carbons (Fsp3) is 0.594. The second kappa shape index (κ2) is 11.5. The van der Waals surface area contributed by atoms with Crippen molar-refractivity contribution in [1.29, 1.82) is 0 Å². The summed E-state index contributed by atoms with van der Waals surface area (Å²) in [7, 11) is 0. The topological polar surface area (TPSA) is 96.4 Å². The largest absolute Gasteiger partial charge is 0.465 e. The van der Waals surface area contributed by atoms with Crippen molar-refractivity contribution >= 4 is 23.5 Å². The Kier molecular flexibility index (Phi) is 8.62. The Morgan fingerprint density at radius 2 is 1.90 bits per heavy atom. The number of amides is 2. The SMILES string of the molecule is C=CCCOC(=O)[C@@H]1[C@H]2C(=O)N([C@@H](CO)CC(C)C)C(C(=O)N(CC=C)c3c(C)cccc3C)C23CC[C@@]1(C)O3. The van der Waals surface area contributed by atoms with Crippen LogP contribution in [0.15, 0.2) is 43.5 Å². The molecule has 2 amide bonds. The number of carbonyl (C=O) groups excluding carboxylic acids is 3. The van der Waals surface area contributed by atoms with Crippen LogP contribution in [0.25, 0.3) is 0 Å². The van der Waals surface area contributed by atoms with Gasteiger partial charge in [-0.25, -0.2) is 0 Å². The Hall–Kier alpha value is -2.97. The molecule has 218 valence electrons. The monoisotopic (exact) mass is 552 g/mol. The van der Waals surface area contributed by atoms with Gasteiger partial charge < -0.3 is 24.4 Å². The fourth-order valence-electron chi connectivity index (χ4n) is 7.35. The van der Waals surface area contributed by atoms with Gasteiger partial charge in [-0.05, 0) is 63.5 Å². The maximum absolute atomic E-state index is 14.8. The third-order valence-corrected chi connectivity index (χ3v) is 8.90. The van der Waals surface area contributed by atoms with E-state index in [2.05, 4.69) is 13.2 Å². The Morgan fingerprint density at radius 1 is 1.23 bits per heavy atom. The molecule has 0 aromatic heterocycles. The first-order valence-corrected chi connectivity index (χ1v) is 14.4. The van der Waals surface area contributed by atoms with Crippen LogP contribution in [0.2, 0.25) is 0 Å². The number of hydrogen-bond donors (Lipinski definition) is 1. The summed E-state index contributed by atoms with van der Waals surface area (Å²) in [5.41, 5.74) is 0.487. The molecule has 3 fully saturated rings. The van der Waals surface area contributed by atoms with Gasteiger partial charge in [0.15, 0.2) is 0 Å². The minimum atomic E-state index is -1.20. The lowest BCUT2D eigenvalue weighted by molar-refractivity contribution is -0.160. The van der Waals surface area contributed by atoms with Crippen LogP contribution in [-0.4, -0.2) is 70.8 Å². The zero-order valence-corrected chi connectivity index (χ0v) is 24.5. The van der Waals surface area contributed by atoms with Crippen LogP contribution in [-0.2, 0) is 23.9 Å². The molecular formula is C32H44N2O6. The highest BCUT2D eigenvalue weighted by molar-refractivity contribution is 6.05. The summed E-state index contributed by atoms with van der Waals surface area (Å²) >= 11 is 0. The minimum absolute atomic E-state index is 0.163. The number of fused-ring (bicyclic) bond motifs is 1. The average molecular weight is 553 g/mol. The van der Waals surface area contributed by atoms with Gasteiger partial charge in [-0.1, -0.05) is 44.2 Å². The summed E-state index contributed by atoms with van der Waals surface area (Å²) in [5, 5.41) is 10.5. The number of aliphatic hydroxyl groups excluding tert-OH is 1. The lowest BCUT2D eigenvalue weighted by Gasteiger charge is -2.40. The lowest BCUT2D eigenvalue weighted by Crippen LogP contribution is -2.59. The van der Waals surface area contributed by atoms with Crippen molar-refractivity contribution in [3.05, 3.63) is 54.6 Å². The normalized spacial score (nSPS) is 29.4. The molecule has 0 saturated carbocycles. The number of rotatable bonds is 12. The van der Waals surface area contributed by atoms with Crippen molar-refractivity contribution in [3.8, 4) is 0 Å². The summed E-state index contributed by atoms with van der Waals surface area (Å²) in [4.78, 5) is 45.9. The van der Waals surface area contributed by atoms with E-state index in [-0.39, 0.29) is 37.5 Å². The smallest absolute Gasteiger partial charge is 0.312 e. The van der Waals surface area contributed by atoms with Crippen molar-refractivity contribution in [2.45, 2.75) is 83.6 Å². The van der Waals surface area contributed by atoms with Crippen LogP contribution in [0.5, 0.6) is 0 Å². The average Bonchev–Trinajstić information content (AvgIpc) is 3.47. The van der Waals surface area contributed by atoms with Crippen LogP contribution in [0.3, 0.4) is 0 Å². The number of para-hydroxylation sites is 1. The van der Waals surface area contributed by atoms with Gasteiger partial charge in [0.2, 0.25) is 5.91 Å². The number of likely N-dealkylation sites (tertiary alicyclic amines) is 1. The Balaban J connectivity index is 1.85. The summed E-state index contributed by atoms with van der Waals surface area (Å²) in [6.07, 6.45) is 5.33. The number of nitrogens with zero attached hydrogens (tertiary/aromatic N) is 2. The third-order valence-electron chi connectivity index (χ3n) is 8.90. The second-order valence-corrected chi connectivity index (χ2v) is 12.2. The highest BCUT2D eigenvalue weighted by Gasteiger charge is 2.79. The van der Waals surface area contributed by atoms with E-state index >= 15 is 0 Å². The fourth-order valence-corrected chi connectivity index (χ4v) is 7.35. The molecule has 3 aliphatic heterocycles. The van der Waals surface area contributed by atoms with Gasteiger partial charge in [-0.15, -0.1) is 13.2 Å². The highest BCUT2D eigenvalue weighted by atomic mass is 16.6. The Bertz CT molecular complexity index is 1160. The number of esters is 1. The van der Waals surface area contributed by atoms with Crippen molar-refractivity contribution < 1.29 is 29.0 Å². The molecule has 1 N–H and O–H groups in total. The van der Waals surface area contributed by atoms with Gasteiger partial charge in [-0.2, -0.15) is 0 Å². The second-order valence-electron chi connectivity index (χ2n) is 12.2. The van der Waals surface area contributed by atoms with Crippen molar-refractivity contribution in [3.63, 3.8) is 0 Å². The van der Waals surface area contributed by atoms with Crippen LogP contribution < -0.4 is 4.90 Å². The first kappa shape index (κ1) is 30.0. The molecule has 4 rings (SSSR count). The molecule has 40 heavy (non-hydrogen) atoms. The molecular weight excluding hydrogens is 508 g/mol. The molecule has 8 heteroatoms. The van der Waals surface area contributed by atoms with Crippen molar-refractivity contribution in [2.75, 3.05) is 24.7 Å². The number of aliphatic hydroxyl groups is 1. The Morgan fingerprint density at radius 3 is 2.48 bits per heavy atom. The maximum atomic E-state index is 14.8. The molecule has 1 spiro atoms. The summed E-state index contributed by atoms with van der Waals surface area (Å²) in [6, 6.07) is 4.24. The molecule has 3 aliphatic rings. The lowest BCUT2D eigenvalue weighted by atomic mass is 9.66. The van der Waals surface area contributed by atoms with Gasteiger partial charge in [0.25, 0.3) is 5.91 Å². The number of carbonyl (C=O) groups is 3. The zero-order chi connectivity index (χ0) is 29.4. The van der Waals surface area contributed by atoms with E-state index in [1.54, 1.807) is 22.0 Å². The standard InChI is InChI=1S/C32H44N2O6/c1-8-10-17-39-30(38)25-24-28(36)34(23(19-35)18-20(3)4)27(32(24)15-14-31(25,7)40-32)29(37)33(16-9-2)26-21(5)12-11-13-22(26)6/h8-9,11-13,20,23-25,27,35H,1-2,10,14-19H2,3-7H3/t23-,24+,25+,27?,31-,32?/m1/s1. The van der Waals surface area contributed by atoms with Gasteiger partial charge in [-0.3, -0.25) is 14.4 Å². The Labute approximate surface area is 238 Å². The van der Waals surface area contributed by atoms with Crippen molar-refractivity contribution in [2.24, 2.45) is 17.8 Å². The van der Waals surface area contributed by atoms with E-state index < -0.39 is 41.1 Å². The third kappa shape index (κ3) is 4.79. The predicted molar refractivity (Wildman–Crippen MR) is 154 cm³/mol. The molecule has 0 aliphatic carbocycles. The van der Waals surface area contributed by atoms with E-state index in [0.717, 1.165) is 16.8 Å². The van der Waals surface area contributed by atoms with Gasteiger partial charge in [0.1, 0.15) is 17.6 Å². The molecule has 1 aromatic carbocycles. The van der Waals surface area contributed by atoms with Gasteiger partial charge >= 0.3 is 5.97 Å². The molecule has 2 unspecified atom stereocenters. The quantitative estimate of drug-likeness (QED) is 0.238. The first-order chi connectivity index (χ1) is 19.0. The first-order valence-electron chi connectivity index (χ1n) is 14.4. The number of anilines is 1. The van der Waals surface area contributed by atoms with Crippen LogP contribution in [0, 0.1) is 31.6 Å². The molecule has 2 bridgehead atoms. The minimum Gasteiger partial charge on any atom is -0.465 e. The molecule has 0 radical (unpaired) electrons. The molecule has 8 nitrogen and oxygen atoms in total. The van der Waals surface area contributed by atoms with Gasteiger partial charge in [0.05, 0.1) is 30.8 Å². The summed E-state index contributed by atoms with van der Waals surface area (Å²) < 4.78 is 12.3. The van der Waals surface area contributed by atoms with E-state index in [0.29, 0.717) is 25.7 Å². The van der Waals surface area contributed by atoms with E-state index in [1.807, 2.05) is 52.8 Å². The van der Waals surface area contributed by atoms with Crippen LogP contribution in [0.1, 0.15) is 57.6 Å². The van der Waals surface area contributed by atoms with Crippen molar-refractivity contribution in [1.82, 2.24) is 4.90 Å². The number of aryl methyl sites for hydroxylation is 2. The highest BCUT2D eigenvalue weighted by Crippen LogP contribution is 2.64. The van der Waals surface area contributed by atoms with E-state index in [4.69, 9.17) is 9.47 Å². The molecule has 1 aromatic rings. The molecule has 3 saturated heterocycles. The predicted octanol–water partition coefficient (Wildman–Crippen LogP) is 4.11. The number of ether oxygens (including phenoxy) is 2. The van der Waals surface area contributed by atoms with Gasteiger partial charge in [0, 0.05) is 12.2 Å². The van der Waals surface area contributed by atoms with Crippen LogP contribution >= 0.6 is 0 Å². The maximum Gasteiger partial charge on any atom is 0.312 e. The summed E-state index contributed by atoms with van der Waals surface area (Å²) in [5.74, 6) is -2.66.